The molecule has 1 aromatic heterocycles. The van der Waals surface area contributed by atoms with Crippen LogP contribution < -0.4 is 5.11 Å². The molecule has 0 unspecified atom stereocenters. The van der Waals surface area contributed by atoms with Crippen molar-refractivity contribution >= 4 is 50.5 Å². The molecule has 17 heavy (non-hydrogen) atoms. The molecule has 0 atom stereocenters. The van der Waals surface area contributed by atoms with Crippen LogP contribution >= 0.6 is 27.5 Å². The number of aromatic nitrogens is 1. The summed E-state index contributed by atoms with van der Waals surface area (Å²) in [6, 6.07) is 5.31. The molecule has 0 N–H and O–H groups in total. The predicted octanol–water partition coefficient (Wildman–Crippen LogP) is 2.41. The molecule has 0 aliphatic rings. The van der Waals surface area contributed by atoms with Crippen molar-refractivity contribution in [2.24, 2.45) is 0 Å². The smallest absolute Gasteiger partial charge is 0.0800 e. The summed E-state index contributed by atoms with van der Waals surface area (Å²) in [5, 5.41) is 11.8. The molecule has 0 fully saturated rings. The quantitative estimate of drug-likeness (QED) is 0.800. The normalized spacial score (nSPS) is 11.2. The number of carbonyl (C=O) groups is 1. The second-order valence-corrected chi connectivity index (χ2v) is 4.57. The third-order valence-corrected chi connectivity index (χ3v) is 3.19. The van der Waals surface area contributed by atoms with Crippen LogP contribution in [-0.4, -0.2) is 11.0 Å². The number of benzene rings is 1. The number of hydrogen-bond donors (Lipinski definition) is 0. The first kappa shape index (κ1) is 12.1. The first-order chi connectivity index (χ1) is 8.09. The van der Waals surface area contributed by atoms with Crippen molar-refractivity contribution in [3.05, 3.63) is 45.5 Å². The number of hydrogen-bond acceptors (Lipinski definition) is 3. The molecule has 0 saturated heterocycles. The third-order valence-electron chi connectivity index (χ3n) is 2.22. The average molecular weight is 312 g/mol. The van der Waals surface area contributed by atoms with Crippen LogP contribution in [0, 0.1) is 0 Å². The molecule has 2 aromatic rings. The van der Waals surface area contributed by atoms with Gasteiger partial charge in [0.2, 0.25) is 0 Å². The topological polar surface area (TPSA) is 53.0 Å². The summed E-state index contributed by atoms with van der Waals surface area (Å²) < 4.78 is 0.686. The fourth-order valence-electron chi connectivity index (χ4n) is 1.50. The van der Waals surface area contributed by atoms with Crippen molar-refractivity contribution in [2.75, 3.05) is 0 Å². The van der Waals surface area contributed by atoms with Crippen LogP contribution in [0.15, 0.2) is 34.9 Å². The summed E-state index contributed by atoms with van der Waals surface area (Å²) in [7, 11) is 0. The number of rotatable bonds is 2. The molecule has 1 heterocycles. The van der Waals surface area contributed by atoms with Crippen LogP contribution in [0.25, 0.3) is 17.0 Å². The summed E-state index contributed by atoms with van der Waals surface area (Å²) >= 11 is 9.40. The van der Waals surface area contributed by atoms with Gasteiger partial charge in [-0.05, 0) is 30.4 Å². The Morgan fingerprint density at radius 2 is 2.29 bits per heavy atom. The Morgan fingerprint density at radius 1 is 1.53 bits per heavy atom. The molecule has 0 spiro atoms. The van der Waals surface area contributed by atoms with Crippen LogP contribution in [0.4, 0.5) is 0 Å². The van der Waals surface area contributed by atoms with E-state index in [1.807, 2.05) is 6.07 Å². The third kappa shape index (κ3) is 2.48. The van der Waals surface area contributed by atoms with Gasteiger partial charge in [-0.1, -0.05) is 27.5 Å². The highest BCUT2D eigenvalue weighted by Crippen LogP contribution is 2.32. The van der Waals surface area contributed by atoms with Gasteiger partial charge in [0.1, 0.15) is 0 Å². The van der Waals surface area contributed by atoms with Crippen molar-refractivity contribution in [2.45, 2.75) is 0 Å². The van der Waals surface area contributed by atoms with Crippen molar-refractivity contribution in [1.82, 2.24) is 4.98 Å². The van der Waals surface area contributed by atoms with Gasteiger partial charge in [0.25, 0.3) is 0 Å². The fourth-order valence-corrected chi connectivity index (χ4v) is 2.44. The first-order valence-corrected chi connectivity index (χ1v) is 5.88. The molecule has 1 aromatic carbocycles. The lowest BCUT2D eigenvalue weighted by Crippen LogP contribution is -2.18. The van der Waals surface area contributed by atoms with Crippen LogP contribution in [0.2, 0.25) is 5.02 Å². The number of nitrogens with zero attached hydrogens (tertiary/aromatic N) is 1. The average Bonchev–Trinajstić information content (AvgIpc) is 2.28. The number of carboxylic acid groups (broad SMARTS) is 1. The molecule has 5 heteroatoms. The maximum atomic E-state index is 10.4. The Hall–Kier alpha value is -1.39. The van der Waals surface area contributed by atoms with Gasteiger partial charge in [-0.3, -0.25) is 4.98 Å². The standard InChI is InChI=1S/C12H7BrClNO2/c13-9-6-10(14)8-2-1-5-15-12(8)7(9)3-4-11(16)17/h1-6H,(H,16,17)/p-1/b4-3+. The van der Waals surface area contributed by atoms with Crippen molar-refractivity contribution in [3.63, 3.8) is 0 Å². The number of fused-ring (bicyclic) bond motifs is 1. The van der Waals surface area contributed by atoms with E-state index in [0.717, 1.165) is 11.5 Å². The van der Waals surface area contributed by atoms with E-state index in [1.165, 1.54) is 6.08 Å². The lowest BCUT2D eigenvalue weighted by Gasteiger charge is -2.06. The molecule has 3 nitrogen and oxygen atoms in total. The highest BCUT2D eigenvalue weighted by molar-refractivity contribution is 9.10. The Labute approximate surface area is 111 Å². The fraction of sp³-hybridized carbons (Fsp3) is 0. The van der Waals surface area contributed by atoms with E-state index in [2.05, 4.69) is 20.9 Å². The van der Waals surface area contributed by atoms with Crippen LogP contribution in [0.3, 0.4) is 0 Å². The maximum Gasteiger partial charge on any atom is 0.0800 e. The second-order valence-electron chi connectivity index (χ2n) is 3.31. The van der Waals surface area contributed by atoms with E-state index in [4.69, 9.17) is 11.6 Å². The Balaban J connectivity index is 2.73. The molecular weight excluding hydrogens is 305 g/mol. The Bertz CT molecular complexity index is 625. The van der Waals surface area contributed by atoms with Gasteiger partial charge in [0, 0.05) is 21.6 Å². The maximum absolute atomic E-state index is 10.4. The minimum atomic E-state index is -1.25. The van der Waals surface area contributed by atoms with Crippen LogP contribution in [0.1, 0.15) is 5.56 Å². The van der Waals surface area contributed by atoms with Gasteiger partial charge in [0.05, 0.1) is 16.5 Å². The first-order valence-electron chi connectivity index (χ1n) is 4.71. The van der Waals surface area contributed by atoms with E-state index in [1.54, 1.807) is 18.3 Å². The van der Waals surface area contributed by atoms with E-state index < -0.39 is 5.97 Å². The van der Waals surface area contributed by atoms with Gasteiger partial charge in [0.15, 0.2) is 0 Å². The summed E-state index contributed by atoms with van der Waals surface area (Å²) in [5.74, 6) is -1.25. The van der Waals surface area contributed by atoms with Crippen molar-refractivity contribution in [1.29, 1.82) is 0 Å². The Kier molecular flexibility index (Phi) is 3.45. The predicted molar refractivity (Wildman–Crippen MR) is 68.5 cm³/mol. The SMILES string of the molecule is O=C([O-])/C=C/c1c(Br)cc(Cl)c2cccnc12. The van der Waals surface area contributed by atoms with E-state index in [9.17, 15) is 9.90 Å². The number of carbonyl (C=O) groups excluding carboxylic acids is 1. The number of aliphatic carboxylic acids is 1. The zero-order valence-corrected chi connectivity index (χ0v) is 10.8. The number of carboxylic acids is 1. The number of pyridine rings is 1. The Morgan fingerprint density at radius 3 is 3.00 bits per heavy atom. The molecule has 0 radical (unpaired) electrons. The molecule has 0 amide bonds. The highest BCUT2D eigenvalue weighted by atomic mass is 79.9. The minimum Gasteiger partial charge on any atom is -0.545 e. The van der Waals surface area contributed by atoms with E-state index >= 15 is 0 Å². The zero-order chi connectivity index (χ0) is 12.4. The van der Waals surface area contributed by atoms with Gasteiger partial charge in [-0.25, -0.2) is 0 Å². The second kappa shape index (κ2) is 4.85. The monoisotopic (exact) mass is 310 g/mol. The van der Waals surface area contributed by atoms with E-state index in [0.29, 0.717) is 20.6 Å². The molecule has 86 valence electrons. The van der Waals surface area contributed by atoms with E-state index in [-0.39, 0.29) is 0 Å². The highest BCUT2D eigenvalue weighted by Gasteiger charge is 2.08. The van der Waals surface area contributed by atoms with Crippen LogP contribution in [0.5, 0.6) is 0 Å². The summed E-state index contributed by atoms with van der Waals surface area (Å²) in [4.78, 5) is 14.6. The largest absolute Gasteiger partial charge is 0.545 e. The molecule has 0 aliphatic heterocycles. The zero-order valence-electron chi connectivity index (χ0n) is 8.48. The van der Waals surface area contributed by atoms with Gasteiger partial charge in [-0.2, -0.15) is 0 Å². The molecule has 0 aliphatic carbocycles. The van der Waals surface area contributed by atoms with Crippen molar-refractivity contribution < 1.29 is 9.90 Å². The molecule has 0 saturated carbocycles. The van der Waals surface area contributed by atoms with Gasteiger partial charge >= 0.3 is 0 Å². The number of halogens is 2. The summed E-state index contributed by atoms with van der Waals surface area (Å²) in [6.07, 6.45) is 4.02. The summed E-state index contributed by atoms with van der Waals surface area (Å²) in [5.41, 5.74) is 1.30. The van der Waals surface area contributed by atoms with Gasteiger partial charge < -0.3 is 9.90 Å². The molecule has 2 rings (SSSR count). The van der Waals surface area contributed by atoms with Crippen LogP contribution in [-0.2, 0) is 4.79 Å². The molecular formula is C12H6BrClNO2-. The minimum absolute atomic E-state index is 0.561. The molecule has 0 bridgehead atoms. The lowest BCUT2D eigenvalue weighted by atomic mass is 10.1. The summed E-state index contributed by atoms with van der Waals surface area (Å²) in [6.45, 7) is 0. The van der Waals surface area contributed by atoms with Crippen molar-refractivity contribution in [3.8, 4) is 0 Å². The lowest BCUT2D eigenvalue weighted by molar-refractivity contribution is -0.297. The van der Waals surface area contributed by atoms with Gasteiger partial charge in [-0.15, -0.1) is 0 Å².